The molecule has 0 atom stereocenters. The standard InChI is InChI=1S/C24H23ClN4O2/c1-24(2,30)15-6-8-16(9-7-15)27-21-13-17(14-31-3)28-23-18(21)10-11-20(29-23)22-19(25)5-4-12-26-22/h4-13,30H,14H2,1-3H3,(H,27,28,29). The molecular formula is C24H23ClN4O2. The fraction of sp³-hybridized carbons (Fsp3) is 0.208. The number of hydrogen-bond donors (Lipinski definition) is 2. The average molecular weight is 435 g/mol. The summed E-state index contributed by atoms with van der Waals surface area (Å²) in [5.41, 5.74) is 4.30. The molecule has 158 valence electrons. The number of nitrogens with zero attached hydrogens (tertiary/aromatic N) is 3. The molecule has 0 aliphatic heterocycles. The van der Waals surface area contributed by atoms with Crippen LogP contribution < -0.4 is 5.32 Å². The minimum atomic E-state index is -0.888. The first-order valence-corrected chi connectivity index (χ1v) is 10.2. The van der Waals surface area contributed by atoms with Gasteiger partial charge in [0.05, 0.1) is 34.3 Å². The van der Waals surface area contributed by atoms with Crippen molar-refractivity contribution < 1.29 is 9.84 Å². The SMILES string of the molecule is COCc1cc(Nc2ccc(C(C)(C)O)cc2)c2ccc(-c3ncccc3Cl)nc2n1. The molecule has 3 aromatic heterocycles. The van der Waals surface area contributed by atoms with Crippen molar-refractivity contribution in [3.8, 4) is 11.4 Å². The Hall–Kier alpha value is -3.06. The van der Waals surface area contributed by atoms with E-state index < -0.39 is 5.60 Å². The van der Waals surface area contributed by atoms with E-state index in [0.717, 1.165) is 28.0 Å². The first-order valence-electron chi connectivity index (χ1n) is 9.85. The van der Waals surface area contributed by atoms with Gasteiger partial charge in [0.2, 0.25) is 0 Å². The summed E-state index contributed by atoms with van der Waals surface area (Å²) in [6.45, 7) is 3.89. The summed E-state index contributed by atoms with van der Waals surface area (Å²) in [7, 11) is 1.63. The van der Waals surface area contributed by atoms with E-state index in [1.54, 1.807) is 39.3 Å². The lowest BCUT2D eigenvalue weighted by atomic mass is 9.98. The minimum Gasteiger partial charge on any atom is -0.386 e. The van der Waals surface area contributed by atoms with Crippen molar-refractivity contribution in [3.63, 3.8) is 0 Å². The number of nitrogens with one attached hydrogen (secondary N) is 1. The van der Waals surface area contributed by atoms with Gasteiger partial charge in [-0.05, 0) is 61.9 Å². The molecule has 31 heavy (non-hydrogen) atoms. The van der Waals surface area contributed by atoms with Gasteiger partial charge in [-0.25, -0.2) is 9.97 Å². The summed E-state index contributed by atoms with van der Waals surface area (Å²) in [6, 6.07) is 17.0. The molecule has 4 rings (SSSR count). The third-order valence-corrected chi connectivity index (χ3v) is 5.19. The number of methoxy groups -OCH3 is 1. The molecule has 0 spiro atoms. The smallest absolute Gasteiger partial charge is 0.162 e. The highest BCUT2D eigenvalue weighted by Gasteiger charge is 2.16. The highest BCUT2D eigenvalue weighted by atomic mass is 35.5. The van der Waals surface area contributed by atoms with Gasteiger partial charge in [0.25, 0.3) is 0 Å². The van der Waals surface area contributed by atoms with Crippen molar-refractivity contribution in [3.05, 3.63) is 77.1 Å². The first kappa shape index (κ1) is 21.2. The van der Waals surface area contributed by atoms with Gasteiger partial charge in [-0.15, -0.1) is 0 Å². The Bertz CT molecular complexity index is 1220. The van der Waals surface area contributed by atoms with Crippen molar-refractivity contribution in [1.29, 1.82) is 0 Å². The molecule has 6 nitrogen and oxygen atoms in total. The van der Waals surface area contributed by atoms with Crippen molar-refractivity contribution in [1.82, 2.24) is 15.0 Å². The van der Waals surface area contributed by atoms with Gasteiger partial charge < -0.3 is 15.2 Å². The Balaban J connectivity index is 1.76. The second kappa shape index (κ2) is 8.59. The number of hydrogen-bond acceptors (Lipinski definition) is 6. The predicted molar refractivity (Wildman–Crippen MR) is 123 cm³/mol. The molecule has 7 heteroatoms. The number of benzene rings is 1. The van der Waals surface area contributed by atoms with E-state index in [0.29, 0.717) is 28.7 Å². The molecule has 0 unspecified atom stereocenters. The molecule has 0 aliphatic carbocycles. The lowest BCUT2D eigenvalue weighted by molar-refractivity contribution is 0.0786. The van der Waals surface area contributed by atoms with Crippen LogP contribution in [0.3, 0.4) is 0 Å². The van der Waals surface area contributed by atoms with Gasteiger partial charge in [0.15, 0.2) is 5.65 Å². The second-order valence-corrected chi connectivity index (χ2v) is 8.16. The Morgan fingerprint density at radius 1 is 1.06 bits per heavy atom. The maximum Gasteiger partial charge on any atom is 0.162 e. The number of anilines is 2. The number of halogens is 1. The number of aromatic nitrogens is 3. The molecular weight excluding hydrogens is 412 g/mol. The summed E-state index contributed by atoms with van der Waals surface area (Å²) >= 11 is 6.30. The van der Waals surface area contributed by atoms with Gasteiger partial charge in [0, 0.05) is 24.4 Å². The number of aliphatic hydroxyl groups is 1. The van der Waals surface area contributed by atoms with Crippen LogP contribution in [0, 0.1) is 0 Å². The van der Waals surface area contributed by atoms with Crippen LogP contribution in [-0.2, 0) is 16.9 Å². The Morgan fingerprint density at radius 2 is 1.84 bits per heavy atom. The van der Waals surface area contributed by atoms with E-state index in [-0.39, 0.29) is 0 Å². The quantitative estimate of drug-likeness (QED) is 0.419. The van der Waals surface area contributed by atoms with Crippen molar-refractivity contribution >= 4 is 34.0 Å². The number of rotatable bonds is 6. The fourth-order valence-electron chi connectivity index (χ4n) is 3.30. The molecule has 0 bridgehead atoms. The number of ether oxygens (including phenoxy) is 1. The molecule has 0 saturated carbocycles. The van der Waals surface area contributed by atoms with E-state index in [1.807, 2.05) is 42.5 Å². The summed E-state index contributed by atoms with van der Waals surface area (Å²) in [4.78, 5) is 13.7. The maximum absolute atomic E-state index is 10.2. The zero-order valence-corrected chi connectivity index (χ0v) is 18.3. The third-order valence-electron chi connectivity index (χ3n) is 4.89. The van der Waals surface area contributed by atoms with Crippen LogP contribution >= 0.6 is 11.6 Å². The molecule has 2 N–H and O–H groups in total. The zero-order valence-electron chi connectivity index (χ0n) is 17.6. The van der Waals surface area contributed by atoms with Crippen LogP contribution in [0.5, 0.6) is 0 Å². The Labute approximate surface area is 185 Å². The van der Waals surface area contributed by atoms with E-state index in [4.69, 9.17) is 21.3 Å². The van der Waals surface area contributed by atoms with Crippen LogP contribution in [-0.4, -0.2) is 27.2 Å². The van der Waals surface area contributed by atoms with Gasteiger partial charge in [-0.2, -0.15) is 0 Å². The summed E-state index contributed by atoms with van der Waals surface area (Å²) < 4.78 is 5.29. The summed E-state index contributed by atoms with van der Waals surface area (Å²) in [5, 5.41) is 15.0. The van der Waals surface area contributed by atoms with Gasteiger partial charge >= 0.3 is 0 Å². The predicted octanol–water partition coefficient (Wildman–Crippen LogP) is 5.46. The van der Waals surface area contributed by atoms with Crippen LogP contribution in [0.1, 0.15) is 25.1 Å². The molecule has 0 saturated heterocycles. The Morgan fingerprint density at radius 3 is 2.52 bits per heavy atom. The Kier molecular flexibility index (Phi) is 5.87. The van der Waals surface area contributed by atoms with Gasteiger partial charge in [-0.1, -0.05) is 23.7 Å². The largest absolute Gasteiger partial charge is 0.386 e. The lowest BCUT2D eigenvalue weighted by Gasteiger charge is -2.18. The van der Waals surface area contributed by atoms with Crippen LogP contribution in [0.2, 0.25) is 5.02 Å². The van der Waals surface area contributed by atoms with E-state index in [9.17, 15) is 5.11 Å². The first-order chi connectivity index (χ1) is 14.8. The topological polar surface area (TPSA) is 80.2 Å². The van der Waals surface area contributed by atoms with Crippen LogP contribution in [0.4, 0.5) is 11.4 Å². The third kappa shape index (κ3) is 4.66. The zero-order chi connectivity index (χ0) is 22.0. The van der Waals surface area contributed by atoms with E-state index in [2.05, 4.69) is 15.3 Å². The monoisotopic (exact) mass is 434 g/mol. The molecule has 0 fully saturated rings. The average Bonchev–Trinajstić information content (AvgIpc) is 2.74. The molecule has 4 aromatic rings. The summed E-state index contributed by atoms with van der Waals surface area (Å²) in [6.07, 6.45) is 1.69. The van der Waals surface area contributed by atoms with Crippen molar-refractivity contribution in [2.24, 2.45) is 0 Å². The molecule has 0 radical (unpaired) electrons. The second-order valence-electron chi connectivity index (χ2n) is 7.76. The minimum absolute atomic E-state index is 0.360. The van der Waals surface area contributed by atoms with E-state index in [1.165, 1.54) is 0 Å². The normalized spacial score (nSPS) is 11.6. The highest BCUT2D eigenvalue weighted by molar-refractivity contribution is 6.32. The molecule has 0 aliphatic rings. The molecule has 3 heterocycles. The highest BCUT2D eigenvalue weighted by Crippen LogP contribution is 2.30. The van der Waals surface area contributed by atoms with Crippen molar-refractivity contribution in [2.75, 3.05) is 12.4 Å². The van der Waals surface area contributed by atoms with E-state index >= 15 is 0 Å². The van der Waals surface area contributed by atoms with Gasteiger partial charge in [0.1, 0.15) is 5.69 Å². The lowest BCUT2D eigenvalue weighted by Crippen LogP contribution is -2.15. The van der Waals surface area contributed by atoms with Crippen molar-refractivity contribution in [2.45, 2.75) is 26.1 Å². The van der Waals surface area contributed by atoms with Crippen LogP contribution in [0.25, 0.3) is 22.4 Å². The summed E-state index contributed by atoms with van der Waals surface area (Å²) in [5.74, 6) is 0. The maximum atomic E-state index is 10.2. The fourth-order valence-corrected chi connectivity index (χ4v) is 3.52. The number of pyridine rings is 3. The van der Waals surface area contributed by atoms with Crippen LogP contribution in [0.15, 0.2) is 60.8 Å². The molecule has 0 amide bonds. The molecule has 1 aromatic carbocycles. The van der Waals surface area contributed by atoms with Gasteiger partial charge in [-0.3, -0.25) is 4.98 Å². The number of fused-ring (bicyclic) bond motifs is 1.